The van der Waals surface area contributed by atoms with Crippen molar-refractivity contribution in [2.45, 2.75) is 17.4 Å². The zero-order valence-electron chi connectivity index (χ0n) is 12.0. The van der Waals surface area contributed by atoms with Crippen LogP contribution in [-0.4, -0.2) is 37.7 Å². The predicted molar refractivity (Wildman–Crippen MR) is 83.1 cm³/mol. The molecule has 1 aliphatic heterocycles. The molecule has 2 heterocycles. The lowest BCUT2D eigenvalue weighted by molar-refractivity contribution is -0.127. The van der Waals surface area contributed by atoms with Crippen molar-refractivity contribution in [1.82, 2.24) is 9.71 Å². The molecule has 8 nitrogen and oxygen atoms in total. The molecule has 0 saturated carbocycles. The van der Waals surface area contributed by atoms with Gasteiger partial charge in [-0.25, -0.2) is 13.1 Å². The minimum Gasteiger partial charge on any atom is -0.382 e. The fraction of sp³-hybridized carbons (Fsp3) is 0.214. The third-order valence-corrected chi connectivity index (χ3v) is 4.83. The van der Waals surface area contributed by atoms with E-state index in [4.69, 9.17) is 10.6 Å². The summed E-state index contributed by atoms with van der Waals surface area (Å²) in [7, 11) is -3.78. The maximum absolute atomic E-state index is 12.5. The van der Waals surface area contributed by atoms with Crippen LogP contribution in [0.15, 0.2) is 46.6 Å². The Labute approximate surface area is 132 Å². The number of amides is 1. The van der Waals surface area contributed by atoms with Gasteiger partial charge in [-0.1, -0.05) is 23.4 Å². The van der Waals surface area contributed by atoms with Crippen LogP contribution in [-0.2, 0) is 19.7 Å². The first-order valence-corrected chi connectivity index (χ1v) is 8.30. The molecule has 0 fully saturated rings. The summed E-state index contributed by atoms with van der Waals surface area (Å²) in [6.45, 7) is -0.0602. The topological polar surface area (TPSA) is 124 Å². The number of carbonyl (C=O) groups excluding carboxylic acids is 1. The lowest BCUT2D eigenvalue weighted by Gasteiger charge is -2.08. The van der Waals surface area contributed by atoms with E-state index in [2.05, 4.69) is 14.9 Å². The number of sulfonamides is 1. The molecule has 1 unspecified atom stereocenters. The van der Waals surface area contributed by atoms with Crippen molar-refractivity contribution in [1.29, 1.82) is 0 Å². The van der Waals surface area contributed by atoms with Crippen LogP contribution in [0, 0.1) is 0 Å². The molecule has 0 aliphatic carbocycles. The van der Waals surface area contributed by atoms with E-state index in [1.807, 2.05) is 0 Å². The van der Waals surface area contributed by atoms with E-state index >= 15 is 0 Å². The third-order valence-electron chi connectivity index (χ3n) is 3.40. The van der Waals surface area contributed by atoms with Crippen molar-refractivity contribution in [2.75, 3.05) is 6.54 Å². The van der Waals surface area contributed by atoms with Gasteiger partial charge < -0.3 is 10.6 Å². The van der Waals surface area contributed by atoms with Crippen LogP contribution in [0.4, 0.5) is 0 Å². The second kappa shape index (κ2) is 5.94. The Morgan fingerprint density at radius 3 is 2.87 bits per heavy atom. The number of fused-ring (bicyclic) bond motifs is 1. The molecule has 3 N–H and O–H groups in total. The number of para-hydroxylation sites is 1. The Bertz CT molecular complexity index is 889. The maximum atomic E-state index is 12.5. The Morgan fingerprint density at radius 1 is 1.35 bits per heavy atom. The summed E-state index contributed by atoms with van der Waals surface area (Å²) >= 11 is 0. The monoisotopic (exact) mass is 334 g/mol. The molecule has 120 valence electrons. The summed E-state index contributed by atoms with van der Waals surface area (Å²) in [5.74, 6) is -0.634. The van der Waals surface area contributed by atoms with Gasteiger partial charge in [-0.3, -0.25) is 9.78 Å². The Morgan fingerprint density at radius 2 is 2.13 bits per heavy atom. The normalized spacial score (nSPS) is 17.7. The summed E-state index contributed by atoms with van der Waals surface area (Å²) in [6, 6.07) is 8.44. The van der Waals surface area contributed by atoms with E-state index in [1.165, 1.54) is 12.3 Å². The highest BCUT2D eigenvalue weighted by atomic mass is 32.2. The van der Waals surface area contributed by atoms with Crippen LogP contribution in [0.1, 0.15) is 6.42 Å². The number of pyridine rings is 1. The number of oxime groups is 1. The molecule has 1 aromatic heterocycles. The third kappa shape index (κ3) is 3.15. The number of benzene rings is 1. The summed E-state index contributed by atoms with van der Waals surface area (Å²) < 4.78 is 27.4. The highest BCUT2D eigenvalue weighted by Crippen LogP contribution is 2.20. The highest BCUT2D eigenvalue weighted by molar-refractivity contribution is 7.89. The van der Waals surface area contributed by atoms with Crippen molar-refractivity contribution in [3.63, 3.8) is 0 Å². The van der Waals surface area contributed by atoms with E-state index in [9.17, 15) is 13.2 Å². The minimum absolute atomic E-state index is 0.0602. The van der Waals surface area contributed by atoms with Gasteiger partial charge in [0.15, 0.2) is 0 Å². The van der Waals surface area contributed by atoms with Gasteiger partial charge in [0.1, 0.15) is 4.90 Å². The van der Waals surface area contributed by atoms with Crippen molar-refractivity contribution in [3.05, 3.63) is 36.5 Å². The molecule has 9 heteroatoms. The minimum atomic E-state index is -3.78. The van der Waals surface area contributed by atoms with Gasteiger partial charge in [-0.2, -0.15) is 0 Å². The largest absolute Gasteiger partial charge is 0.382 e. The molecule has 0 bridgehead atoms. The Balaban J connectivity index is 1.78. The molecule has 1 aromatic carbocycles. The smallest absolute Gasteiger partial charge is 0.261 e. The number of hydrogen-bond acceptors (Lipinski definition) is 6. The van der Waals surface area contributed by atoms with Crippen LogP contribution in [0.3, 0.4) is 0 Å². The fourth-order valence-corrected chi connectivity index (χ4v) is 3.43. The van der Waals surface area contributed by atoms with Crippen LogP contribution < -0.4 is 10.5 Å². The number of nitrogens with one attached hydrogen (secondary N) is 1. The molecule has 23 heavy (non-hydrogen) atoms. The fourth-order valence-electron chi connectivity index (χ4n) is 2.23. The molecule has 1 amide bonds. The van der Waals surface area contributed by atoms with E-state index in [0.29, 0.717) is 11.2 Å². The first-order chi connectivity index (χ1) is 11.0. The number of aromatic nitrogens is 1. The molecule has 0 radical (unpaired) electrons. The quantitative estimate of drug-likeness (QED) is 0.805. The number of hydrogen-bond donors (Lipinski definition) is 2. The van der Waals surface area contributed by atoms with Gasteiger partial charge in [0.05, 0.1) is 17.8 Å². The van der Waals surface area contributed by atoms with Gasteiger partial charge in [-0.05, 0) is 12.1 Å². The van der Waals surface area contributed by atoms with Gasteiger partial charge in [0, 0.05) is 18.0 Å². The number of primary amides is 1. The van der Waals surface area contributed by atoms with Crippen molar-refractivity contribution >= 4 is 32.5 Å². The SMILES string of the molecule is NC(=O)C1CC(CNS(=O)(=O)c2cccc3cccnc23)=NO1. The molecule has 1 aliphatic rings. The number of nitrogens with zero attached hydrogens (tertiary/aromatic N) is 2. The van der Waals surface area contributed by atoms with Gasteiger partial charge in [0.25, 0.3) is 5.91 Å². The molecule has 1 atom stereocenters. The molecular formula is C14H14N4O4S. The summed E-state index contributed by atoms with van der Waals surface area (Å²) in [4.78, 5) is 20.0. The standard InChI is InChI=1S/C14H14N4O4S/c15-14(19)11-7-10(18-22-11)8-17-23(20,21)12-5-1-3-9-4-2-6-16-13(9)12/h1-6,11,17H,7-8H2,(H2,15,19). The van der Waals surface area contributed by atoms with Crippen molar-refractivity contribution in [3.8, 4) is 0 Å². The van der Waals surface area contributed by atoms with Crippen LogP contribution in [0.2, 0.25) is 0 Å². The van der Waals surface area contributed by atoms with Gasteiger partial charge in [0.2, 0.25) is 16.1 Å². The lowest BCUT2D eigenvalue weighted by atomic mass is 10.2. The second-order valence-electron chi connectivity index (χ2n) is 5.01. The zero-order valence-corrected chi connectivity index (χ0v) is 12.8. The molecule has 3 rings (SSSR count). The van der Waals surface area contributed by atoms with E-state index < -0.39 is 22.0 Å². The molecular weight excluding hydrogens is 320 g/mol. The van der Waals surface area contributed by atoms with Crippen LogP contribution in [0.25, 0.3) is 10.9 Å². The van der Waals surface area contributed by atoms with Gasteiger partial charge in [-0.15, -0.1) is 0 Å². The Kier molecular flexibility index (Phi) is 3.97. The maximum Gasteiger partial charge on any atom is 0.261 e. The van der Waals surface area contributed by atoms with E-state index in [1.54, 1.807) is 24.3 Å². The highest BCUT2D eigenvalue weighted by Gasteiger charge is 2.27. The zero-order chi connectivity index (χ0) is 16.4. The van der Waals surface area contributed by atoms with E-state index in [0.717, 1.165) is 5.39 Å². The predicted octanol–water partition coefficient (Wildman–Crippen LogP) is 0.143. The first kappa shape index (κ1) is 15.4. The molecule has 0 saturated heterocycles. The summed E-state index contributed by atoms with van der Waals surface area (Å²) in [6.07, 6.45) is 0.869. The summed E-state index contributed by atoms with van der Waals surface area (Å²) in [5.41, 5.74) is 5.91. The van der Waals surface area contributed by atoms with Crippen molar-refractivity contribution in [2.24, 2.45) is 10.9 Å². The Hall–Kier alpha value is -2.52. The van der Waals surface area contributed by atoms with Crippen LogP contribution in [0.5, 0.6) is 0 Å². The molecule has 2 aromatic rings. The van der Waals surface area contributed by atoms with Crippen LogP contribution >= 0.6 is 0 Å². The summed E-state index contributed by atoms with van der Waals surface area (Å²) in [5, 5.41) is 4.40. The van der Waals surface area contributed by atoms with Gasteiger partial charge >= 0.3 is 0 Å². The first-order valence-electron chi connectivity index (χ1n) is 6.82. The molecule has 0 spiro atoms. The van der Waals surface area contributed by atoms with E-state index in [-0.39, 0.29) is 17.9 Å². The number of nitrogens with two attached hydrogens (primary N) is 1. The number of carbonyl (C=O) groups is 1. The lowest BCUT2D eigenvalue weighted by Crippen LogP contribution is -2.32. The van der Waals surface area contributed by atoms with Crippen molar-refractivity contribution < 1.29 is 18.0 Å². The average Bonchev–Trinajstić information content (AvgIpc) is 3.02. The average molecular weight is 334 g/mol. The second-order valence-corrected chi connectivity index (χ2v) is 6.75. The number of rotatable bonds is 5.